The van der Waals surface area contributed by atoms with E-state index in [2.05, 4.69) is 37.4 Å². The second-order valence-corrected chi connectivity index (χ2v) is 4.87. The van der Waals surface area contributed by atoms with Crippen molar-refractivity contribution in [1.82, 2.24) is 5.32 Å². The van der Waals surface area contributed by atoms with Crippen LogP contribution in [0.3, 0.4) is 0 Å². The van der Waals surface area contributed by atoms with Gasteiger partial charge in [-0.15, -0.1) is 0 Å². The van der Waals surface area contributed by atoms with Crippen molar-refractivity contribution in [2.75, 3.05) is 14.2 Å². The Hall–Kier alpha value is -1.02. The van der Waals surface area contributed by atoms with E-state index in [4.69, 9.17) is 4.74 Å². The SMILES string of the molecule is CNC1c2cc(OC)ccc2CC(C)C1C. The predicted octanol–water partition coefficient (Wildman–Crippen LogP) is 2.78. The number of fused-ring (bicyclic) bond motifs is 1. The van der Waals surface area contributed by atoms with Gasteiger partial charge in [-0.3, -0.25) is 0 Å². The van der Waals surface area contributed by atoms with Crippen molar-refractivity contribution in [3.05, 3.63) is 29.3 Å². The summed E-state index contributed by atoms with van der Waals surface area (Å²) in [4.78, 5) is 0. The van der Waals surface area contributed by atoms with Crippen LogP contribution in [-0.2, 0) is 6.42 Å². The van der Waals surface area contributed by atoms with Gasteiger partial charge < -0.3 is 10.1 Å². The summed E-state index contributed by atoms with van der Waals surface area (Å²) in [5, 5.41) is 3.44. The maximum atomic E-state index is 5.31. The lowest BCUT2D eigenvalue weighted by Gasteiger charge is -2.36. The van der Waals surface area contributed by atoms with Gasteiger partial charge in [0, 0.05) is 6.04 Å². The standard InChI is InChI=1S/C14H21NO/c1-9-7-11-5-6-12(16-4)8-13(11)14(15-3)10(9)2/h5-6,8-10,14-15H,7H2,1-4H3. The molecule has 0 saturated heterocycles. The van der Waals surface area contributed by atoms with E-state index < -0.39 is 0 Å². The minimum atomic E-state index is 0.453. The molecular formula is C14H21NO. The van der Waals surface area contributed by atoms with Crippen LogP contribution < -0.4 is 10.1 Å². The smallest absolute Gasteiger partial charge is 0.119 e. The molecule has 16 heavy (non-hydrogen) atoms. The lowest BCUT2D eigenvalue weighted by Crippen LogP contribution is -2.33. The fourth-order valence-electron chi connectivity index (χ4n) is 2.74. The first-order chi connectivity index (χ1) is 7.67. The molecule has 3 atom stereocenters. The minimum absolute atomic E-state index is 0.453. The first-order valence-electron chi connectivity index (χ1n) is 6.01. The van der Waals surface area contributed by atoms with E-state index in [9.17, 15) is 0 Å². The van der Waals surface area contributed by atoms with Crippen molar-refractivity contribution in [1.29, 1.82) is 0 Å². The van der Waals surface area contributed by atoms with E-state index >= 15 is 0 Å². The third kappa shape index (κ3) is 1.82. The maximum absolute atomic E-state index is 5.31. The zero-order chi connectivity index (χ0) is 11.7. The first kappa shape index (κ1) is 11.5. The van der Waals surface area contributed by atoms with Crippen molar-refractivity contribution in [3.63, 3.8) is 0 Å². The molecule has 1 aromatic rings. The molecule has 0 amide bonds. The van der Waals surface area contributed by atoms with Crippen molar-refractivity contribution in [2.45, 2.75) is 26.3 Å². The van der Waals surface area contributed by atoms with Crippen LogP contribution in [-0.4, -0.2) is 14.2 Å². The highest BCUT2D eigenvalue weighted by Gasteiger charge is 2.30. The summed E-state index contributed by atoms with van der Waals surface area (Å²) in [6.07, 6.45) is 1.18. The van der Waals surface area contributed by atoms with Gasteiger partial charge in [0.1, 0.15) is 5.75 Å². The Labute approximate surface area is 98.0 Å². The molecule has 2 heteroatoms. The van der Waals surface area contributed by atoms with Gasteiger partial charge in [-0.25, -0.2) is 0 Å². The zero-order valence-electron chi connectivity index (χ0n) is 10.6. The quantitative estimate of drug-likeness (QED) is 0.826. The molecular weight excluding hydrogens is 198 g/mol. The molecule has 0 fully saturated rings. The van der Waals surface area contributed by atoms with Gasteiger partial charge in [-0.1, -0.05) is 19.9 Å². The Balaban J connectivity index is 2.43. The van der Waals surface area contributed by atoms with Crippen LogP contribution in [0.4, 0.5) is 0 Å². The van der Waals surface area contributed by atoms with Crippen LogP contribution in [0.1, 0.15) is 31.0 Å². The summed E-state index contributed by atoms with van der Waals surface area (Å²) in [5.74, 6) is 2.36. The van der Waals surface area contributed by atoms with E-state index in [1.807, 2.05) is 7.05 Å². The van der Waals surface area contributed by atoms with Crippen molar-refractivity contribution in [2.24, 2.45) is 11.8 Å². The molecule has 3 unspecified atom stereocenters. The summed E-state index contributed by atoms with van der Waals surface area (Å²) in [6.45, 7) is 4.66. The fraction of sp³-hybridized carbons (Fsp3) is 0.571. The molecule has 0 bridgehead atoms. The number of benzene rings is 1. The minimum Gasteiger partial charge on any atom is -0.497 e. The highest BCUT2D eigenvalue weighted by molar-refractivity contribution is 5.40. The average Bonchev–Trinajstić information content (AvgIpc) is 2.30. The number of hydrogen-bond donors (Lipinski definition) is 1. The molecule has 1 aromatic carbocycles. The normalized spacial score (nSPS) is 28.6. The molecule has 0 spiro atoms. The van der Waals surface area contributed by atoms with Gasteiger partial charge in [0.05, 0.1) is 7.11 Å². The van der Waals surface area contributed by atoms with E-state index in [1.54, 1.807) is 7.11 Å². The Morgan fingerprint density at radius 2 is 2.06 bits per heavy atom. The monoisotopic (exact) mass is 219 g/mol. The van der Waals surface area contributed by atoms with Crippen molar-refractivity contribution in [3.8, 4) is 5.75 Å². The van der Waals surface area contributed by atoms with Crippen molar-refractivity contribution >= 4 is 0 Å². The van der Waals surface area contributed by atoms with E-state index in [-0.39, 0.29) is 0 Å². The van der Waals surface area contributed by atoms with E-state index in [0.717, 1.165) is 11.7 Å². The summed E-state index contributed by atoms with van der Waals surface area (Å²) in [7, 11) is 3.77. The summed E-state index contributed by atoms with van der Waals surface area (Å²) >= 11 is 0. The van der Waals surface area contributed by atoms with Gasteiger partial charge in [0.25, 0.3) is 0 Å². The molecule has 0 heterocycles. The molecule has 0 aliphatic heterocycles. The highest BCUT2D eigenvalue weighted by atomic mass is 16.5. The Morgan fingerprint density at radius 1 is 1.31 bits per heavy atom. The molecule has 88 valence electrons. The van der Waals surface area contributed by atoms with Gasteiger partial charge in [-0.2, -0.15) is 0 Å². The average molecular weight is 219 g/mol. The molecule has 0 aromatic heterocycles. The predicted molar refractivity (Wildman–Crippen MR) is 66.8 cm³/mol. The summed E-state index contributed by atoms with van der Waals surface area (Å²) in [6, 6.07) is 6.91. The van der Waals surface area contributed by atoms with Gasteiger partial charge in [-0.05, 0) is 48.6 Å². The van der Waals surface area contributed by atoms with Crippen LogP contribution in [0.15, 0.2) is 18.2 Å². The Bertz CT molecular complexity index is 375. The molecule has 2 rings (SSSR count). The van der Waals surface area contributed by atoms with Gasteiger partial charge in [0.15, 0.2) is 0 Å². The molecule has 1 aliphatic carbocycles. The van der Waals surface area contributed by atoms with Crippen LogP contribution >= 0.6 is 0 Å². The number of nitrogens with one attached hydrogen (secondary N) is 1. The highest BCUT2D eigenvalue weighted by Crippen LogP contribution is 2.38. The lowest BCUT2D eigenvalue weighted by atomic mass is 9.74. The van der Waals surface area contributed by atoms with Gasteiger partial charge >= 0.3 is 0 Å². The summed E-state index contributed by atoms with van der Waals surface area (Å²) in [5.41, 5.74) is 2.87. The molecule has 1 aliphatic rings. The van der Waals surface area contributed by atoms with Crippen LogP contribution in [0.25, 0.3) is 0 Å². The number of ether oxygens (including phenoxy) is 1. The lowest BCUT2D eigenvalue weighted by molar-refractivity contribution is 0.273. The van der Waals surface area contributed by atoms with Crippen LogP contribution in [0.5, 0.6) is 5.75 Å². The number of hydrogen-bond acceptors (Lipinski definition) is 2. The third-order valence-electron chi connectivity index (χ3n) is 3.96. The third-order valence-corrected chi connectivity index (χ3v) is 3.96. The number of methoxy groups -OCH3 is 1. The molecule has 0 saturated carbocycles. The second-order valence-electron chi connectivity index (χ2n) is 4.87. The molecule has 2 nitrogen and oxygen atoms in total. The van der Waals surface area contributed by atoms with Crippen LogP contribution in [0, 0.1) is 11.8 Å². The topological polar surface area (TPSA) is 21.3 Å². The Morgan fingerprint density at radius 3 is 2.69 bits per heavy atom. The summed E-state index contributed by atoms with van der Waals surface area (Å²) < 4.78 is 5.31. The van der Waals surface area contributed by atoms with E-state index in [1.165, 1.54) is 17.5 Å². The Kier molecular flexibility index (Phi) is 3.20. The number of rotatable bonds is 2. The maximum Gasteiger partial charge on any atom is 0.119 e. The first-order valence-corrected chi connectivity index (χ1v) is 6.01. The van der Waals surface area contributed by atoms with Crippen molar-refractivity contribution < 1.29 is 4.74 Å². The van der Waals surface area contributed by atoms with Crippen LogP contribution in [0.2, 0.25) is 0 Å². The second kappa shape index (κ2) is 4.46. The van der Waals surface area contributed by atoms with Gasteiger partial charge in [0.2, 0.25) is 0 Å². The fourth-order valence-corrected chi connectivity index (χ4v) is 2.74. The largest absolute Gasteiger partial charge is 0.497 e. The van der Waals surface area contributed by atoms with E-state index in [0.29, 0.717) is 12.0 Å². The molecule has 0 radical (unpaired) electrons. The zero-order valence-corrected chi connectivity index (χ0v) is 10.6. The molecule has 1 N–H and O–H groups in total.